The van der Waals surface area contributed by atoms with Gasteiger partial charge in [-0.25, -0.2) is 0 Å². The monoisotopic (exact) mass is 358 g/mol. The summed E-state index contributed by atoms with van der Waals surface area (Å²) in [5.41, 5.74) is 3.31. The molecule has 5 nitrogen and oxygen atoms in total. The first kappa shape index (κ1) is 19.8. The fourth-order valence-corrected chi connectivity index (χ4v) is 2.77. The average Bonchev–Trinajstić information content (AvgIpc) is 2.67. The largest absolute Gasteiger partial charge is 0.507 e. The highest BCUT2D eigenvalue weighted by Gasteiger charge is 2.19. The van der Waals surface area contributed by atoms with Crippen molar-refractivity contribution < 1.29 is 24.1 Å². The lowest BCUT2D eigenvalue weighted by atomic mass is 9.95. The number of ether oxygens (including phenoxy) is 3. The molecule has 26 heavy (non-hydrogen) atoms. The summed E-state index contributed by atoms with van der Waals surface area (Å²) < 4.78 is 16.9. The Kier molecular flexibility index (Phi) is 7.48. The molecule has 1 aliphatic rings. The van der Waals surface area contributed by atoms with Crippen LogP contribution in [-0.4, -0.2) is 38.3 Å². The topological polar surface area (TPSA) is 65.0 Å². The second-order valence-corrected chi connectivity index (χ2v) is 5.96. The summed E-state index contributed by atoms with van der Waals surface area (Å²) in [7, 11) is 1.65. The van der Waals surface area contributed by atoms with Crippen LogP contribution in [0.3, 0.4) is 0 Å². The van der Waals surface area contributed by atoms with Gasteiger partial charge in [-0.3, -0.25) is 4.79 Å². The highest BCUT2D eigenvalue weighted by Crippen LogP contribution is 2.29. The van der Waals surface area contributed by atoms with E-state index in [0.717, 1.165) is 35.3 Å². The van der Waals surface area contributed by atoms with E-state index in [2.05, 4.69) is 13.0 Å². The molecule has 0 aliphatic carbocycles. The molecule has 1 aromatic carbocycles. The van der Waals surface area contributed by atoms with Crippen LogP contribution < -0.4 is 4.74 Å². The fourth-order valence-electron chi connectivity index (χ4n) is 2.77. The number of aromatic hydroxyl groups is 1. The summed E-state index contributed by atoms with van der Waals surface area (Å²) in [6.07, 6.45) is 6.40. The summed E-state index contributed by atoms with van der Waals surface area (Å²) in [5, 5.41) is 9.79. The summed E-state index contributed by atoms with van der Waals surface area (Å²) in [5.74, 6) is 1.11. The van der Waals surface area contributed by atoms with Crippen molar-refractivity contribution in [3.63, 3.8) is 0 Å². The molecule has 1 N–H and O–H groups in total. The van der Waals surface area contributed by atoms with Crippen LogP contribution in [0.25, 0.3) is 0 Å². The molecule has 5 heteroatoms. The van der Waals surface area contributed by atoms with Crippen molar-refractivity contribution in [2.24, 2.45) is 0 Å². The van der Waals surface area contributed by atoms with Gasteiger partial charge in [0.15, 0.2) is 6.29 Å². The van der Waals surface area contributed by atoms with Crippen LogP contribution in [0.1, 0.15) is 37.0 Å². The van der Waals surface area contributed by atoms with E-state index in [1.807, 2.05) is 13.0 Å². The zero-order valence-corrected chi connectivity index (χ0v) is 15.6. The minimum atomic E-state index is -0.0830. The van der Waals surface area contributed by atoms with Gasteiger partial charge in [0.2, 0.25) is 0 Å². The zero-order chi connectivity index (χ0) is 18.9. The Hall–Kier alpha value is -2.53. The van der Waals surface area contributed by atoms with Crippen LogP contribution in [0.4, 0.5) is 0 Å². The van der Waals surface area contributed by atoms with E-state index >= 15 is 0 Å². The Morgan fingerprint density at radius 3 is 2.88 bits per heavy atom. The van der Waals surface area contributed by atoms with Crippen molar-refractivity contribution >= 4 is 6.29 Å². The predicted octanol–water partition coefficient (Wildman–Crippen LogP) is 4.19. The minimum absolute atomic E-state index is 0.0830. The van der Waals surface area contributed by atoms with Gasteiger partial charge >= 0.3 is 0 Å². The van der Waals surface area contributed by atoms with Crippen LogP contribution in [-0.2, 0) is 9.47 Å². The van der Waals surface area contributed by atoms with E-state index in [1.54, 1.807) is 19.2 Å². The van der Waals surface area contributed by atoms with Gasteiger partial charge < -0.3 is 19.3 Å². The number of phenols is 1. The summed E-state index contributed by atoms with van der Waals surface area (Å²) in [4.78, 5) is 11.2. The Morgan fingerprint density at radius 1 is 1.38 bits per heavy atom. The van der Waals surface area contributed by atoms with Crippen LogP contribution in [0.5, 0.6) is 11.5 Å². The highest BCUT2D eigenvalue weighted by molar-refractivity contribution is 5.83. The van der Waals surface area contributed by atoms with E-state index in [1.165, 1.54) is 6.07 Å². The second-order valence-electron chi connectivity index (χ2n) is 5.96. The zero-order valence-electron chi connectivity index (χ0n) is 15.6. The number of hydrogen-bond acceptors (Lipinski definition) is 5. The Morgan fingerprint density at radius 2 is 2.19 bits per heavy atom. The Bertz CT molecular complexity index is 728. The summed E-state index contributed by atoms with van der Waals surface area (Å²) in [6, 6.07) is 4.80. The van der Waals surface area contributed by atoms with Crippen molar-refractivity contribution in [1.29, 1.82) is 0 Å². The van der Waals surface area contributed by atoms with Crippen molar-refractivity contribution in [3.8, 4) is 11.5 Å². The molecule has 2 rings (SSSR count). The number of aldehydes is 1. The quantitative estimate of drug-likeness (QED) is 0.429. The molecule has 0 spiro atoms. The van der Waals surface area contributed by atoms with E-state index in [9.17, 15) is 9.90 Å². The van der Waals surface area contributed by atoms with Crippen molar-refractivity contribution in [2.45, 2.75) is 26.7 Å². The van der Waals surface area contributed by atoms with Crippen LogP contribution in [0.2, 0.25) is 0 Å². The lowest BCUT2D eigenvalue weighted by Crippen LogP contribution is -2.18. The number of carbonyl (C=O) groups is 1. The fraction of sp³-hybridized carbons (Fsp3) is 0.381. The van der Waals surface area contributed by atoms with Gasteiger partial charge in [0.25, 0.3) is 0 Å². The molecule has 0 aromatic heterocycles. The molecule has 1 aliphatic heterocycles. The molecule has 0 fully saturated rings. The van der Waals surface area contributed by atoms with Crippen molar-refractivity contribution in [3.05, 3.63) is 58.4 Å². The van der Waals surface area contributed by atoms with Crippen LogP contribution in [0.15, 0.2) is 52.8 Å². The molecule has 0 saturated carbocycles. The maximum atomic E-state index is 11.2. The van der Waals surface area contributed by atoms with Gasteiger partial charge in [0.1, 0.15) is 18.1 Å². The molecule has 0 atom stereocenters. The highest BCUT2D eigenvalue weighted by atomic mass is 16.5. The number of phenolic OH excluding ortho intramolecular Hbond substituents is 1. The maximum absolute atomic E-state index is 11.2. The lowest BCUT2D eigenvalue weighted by molar-refractivity contribution is 0.111. The van der Waals surface area contributed by atoms with Gasteiger partial charge in [-0.15, -0.1) is 0 Å². The predicted molar refractivity (Wildman–Crippen MR) is 101 cm³/mol. The van der Waals surface area contributed by atoms with Gasteiger partial charge in [-0.1, -0.05) is 25.1 Å². The van der Waals surface area contributed by atoms with E-state index in [-0.39, 0.29) is 11.3 Å². The molecule has 0 radical (unpaired) electrons. The van der Waals surface area contributed by atoms with Gasteiger partial charge in [-0.2, -0.15) is 0 Å². The number of rotatable bonds is 8. The number of carbonyl (C=O) groups excluding carboxylic acids is 1. The average molecular weight is 358 g/mol. The molecule has 0 saturated heterocycles. The molecule has 1 heterocycles. The van der Waals surface area contributed by atoms with Crippen LogP contribution >= 0.6 is 0 Å². The van der Waals surface area contributed by atoms with E-state index < -0.39 is 0 Å². The summed E-state index contributed by atoms with van der Waals surface area (Å²) >= 11 is 0. The number of allylic oxidation sites excluding steroid dienone is 3. The lowest BCUT2D eigenvalue weighted by Gasteiger charge is -2.23. The SMILES string of the molecule is CC/C=C\C(C1=C(COc2cccc(O)c2C=O)CCOC1)=C(/C)OC. The van der Waals surface area contributed by atoms with Gasteiger partial charge in [0, 0.05) is 5.57 Å². The molecule has 0 bridgehead atoms. The molecule has 1 aromatic rings. The van der Waals surface area contributed by atoms with E-state index in [0.29, 0.717) is 31.9 Å². The van der Waals surface area contributed by atoms with Crippen LogP contribution in [0, 0.1) is 0 Å². The molecule has 140 valence electrons. The molecule has 0 unspecified atom stereocenters. The van der Waals surface area contributed by atoms with Crippen molar-refractivity contribution in [2.75, 3.05) is 26.9 Å². The summed E-state index contributed by atoms with van der Waals surface area (Å²) in [6.45, 7) is 5.44. The van der Waals surface area contributed by atoms with Gasteiger partial charge in [0.05, 0.1) is 31.6 Å². The first-order valence-corrected chi connectivity index (χ1v) is 8.72. The minimum Gasteiger partial charge on any atom is -0.507 e. The molecular formula is C21H26O5. The Balaban J connectivity index is 2.33. The normalized spacial score (nSPS) is 15.8. The molecule has 0 amide bonds. The third-order valence-electron chi connectivity index (χ3n) is 4.32. The third kappa shape index (κ3) is 4.76. The second kappa shape index (κ2) is 9.82. The van der Waals surface area contributed by atoms with Crippen molar-refractivity contribution in [1.82, 2.24) is 0 Å². The maximum Gasteiger partial charge on any atom is 0.157 e. The van der Waals surface area contributed by atoms with Gasteiger partial charge in [-0.05, 0) is 43.0 Å². The standard InChI is InChI=1S/C21H26O5/c1-4-5-7-17(15(2)24-3)19-14-25-11-10-16(19)13-26-21-9-6-8-20(23)18(21)12-22/h5-9,12,23H,4,10-11,13-14H2,1-3H3/b7-5-,17-15-. The number of hydrogen-bond donors (Lipinski definition) is 1. The number of benzene rings is 1. The Labute approximate surface area is 154 Å². The third-order valence-corrected chi connectivity index (χ3v) is 4.32. The number of methoxy groups -OCH3 is 1. The van der Waals surface area contributed by atoms with E-state index in [4.69, 9.17) is 14.2 Å². The smallest absolute Gasteiger partial charge is 0.157 e. The first-order chi connectivity index (χ1) is 12.6. The first-order valence-electron chi connectivity index (χ1n) is 8.72. The molecular weight excluding hydrogens is 332 g/mol.